The smallest absolute Gasteiger partial charge is 0.187 e. The van der Waals surface area contributed by atoms with E-state index in [0.29, 0.717) is 6.61 Å². The van der Waals surface area contributed by atoms with Crippen molar-refractivity contribution in [3.63, 3.8) is 0 Å². The molecule has 3 aliphatic heterocycles. The van der Waals surface area contributed by atoms with Crippen LogP contribution in [-0.2, 0) is 135 Å². The van der Waals surface area contributed by atoms with E-state index in [1.807, 2.05) is 273 Å². The molecule has 3 saturated heterocycles. The number of ether oxygens (including phenoxy) is 16. The van der Waals surface area contributed by atoms with Crippen LogP contribution in [0.15, 0.2) is 286 Å². The number of benzene rings is 9. The van der Waals surface area contributed by atoms with Crippen LogP contribution in [0.2, 0.25) is 0 Å². The predicted octanol–water partition coefficient (Wildman–Crippen LogP) is 14.3. The average Bonchev–Trinajstić information content (AvgIpc) is 0.764. The van der Waals surface area contributed by atoms with Gasteiger partial charge in [-0.25, -0.2) is 0 Å². The summed E-state index contributed by atoms with van der Waals surface area (Å²) in [6.45, 7) is 6.22. The molecule has 0 bridgehead atoms. The summed E-state index contributed by atoms with van der Waals surface area (Å²) >= 11 is 0. The van der Waals surface area contributed by atoms with Crippen LogP contribution in [0, 0.1) is 0 Å². The van der Waals surface area contributed by atoms with Crippen molar-refractivity contribution in [2.75, 3.05) is 33.5 Å². The van der Waals surface area contributed by atoms with Gasteiger partial charge in [-0.2, -0.15) is 0 Å². The molecule has 12 rings (SSSR count). The van der Waals surface area contributed by atoms with E-state index in [-0.39, 0.29) is 79.3 Å². The zero-order valence-corrected chi connectivity index (χ0v) is 57.1. The molecule has 0 aromatic heterocycles. The van der Waals surface area contributed by atoms with Crippen LogP contribution in [0.4, 0.5) is 0 Å². The van der Waals surface area contributed by atoms with Gasteiger partial charge in [0.1, 0.15) is 73.2 Å². The summed E-state index contributed by atoms with van der Waals surface area (Å²) in [6, 6.07) is 90.0. The van der Waals surface area contributed by atoms with E-state index in [2.05, 4.69) is 6.58 Å². The molecule has 0 amide bonds. The summed E-state index contributed by atoms with van der Waals surface area (Å²) in [4.78, 5) is 0. The first-order chi connectivity index (χ1) is 50.0. The number of hydrogen-bond donors (Lipinski definition) is 0. The minimum atomic E-state index is -1.27. The quantitative estimate of drug-likeness (QED) is 0.0338. The molecule has 0 N–H and O–H groups in total. The highest BCUT2D eigenvalue weighted by Gasteiger charge is 2.57. The molecule has 101 heavy (non-hydrogen) atoms. The van der Waals surface area contributed by atoms with Crippen LogP contribution in [0.25, 0.3) is 0 Å². The van der Waals surface area contributed by atoms with Crippen molar-refractivity contribution in [3.05, 3.63) is 336 Å². The van der Waals surface area contributed by atoms with Crippen LogP contribution < -0.4 is 0 Å². The van der Waals surface area contributed by atoms with Crippen molar-refractivity contribution in [2.24, 2.45) is 0 Å². The van der Waals surface area contributed by atoms with Crippen molar-refractivity contribution in [1.29, 1.82) is 0 Å². The Kier molecular flexibility index (Phi) is 28.5. The molecule has 9 aromatic rings. The average molecular weight is 1370 g/mol. The second kappa shape index (κ2) is 39.5. The van der Waals surface area contributed by atoms with Gasteiger partial charge in [-0.15, -0.1) is 6.58 Å². The zero-order valence-electron chi connectivity index (χ0n) is 57.1. The first-order valence-corrected chi connectivity index (χ1v) is 34.8. The topological polar surface area (TPSA) is 148 Å². The van der Waals surface area contributed by atoms with Crippen LogP contribution in [0.5, 0.6) is 0 Å². The van der Waals surface area contributed by atoms with Crippen molar-refractivity contribution < 1.29 is 75.8 Å². The predicted molar refractivity (Wildman–Crippen MR) is 381 cm³/mol. The molecule has 0 unspecified atom stereocenters. The Morgan fingerprint density at radius 1 is 0.257 bits per heavy atom. The third kappa shape index (κ3) is 21.6. The molecule has 3 aliphatic rings. The monoisotopic (exact) mass is 1370 g/mol. The molecule has 0 radical (unpaired) electrons. The van der Waals surface area contributed by atoms with Gasteiger partial charge in [-0.05, 0) is 50.1 Å². The third-order valence-corrected chi connectivity index (χ3v) is 17.9. The molecule has 528 valence electrons. The fraction of sp³-hybridized carbons (Fsp3) is 0.341. The highest BCUT2D eigenvalue weighted by Crippen LogP contribution is 2.40. The van der Waals surface area contributed by atoms with Crippen molar-refractivity contribution in [1.82, 2.24) is 0 Å². The molecular formula is C85H92O16. The summed E-state index contributed by atoms with van der Waals surface area (Å²) in [5, 5.41) is 0. The summed E-state index contributed by atoms with van der Waals surface area (Å²) in [7, 11) is 1.60. The van der Waals surface area contributed by atoms with Crippen LogP contribution in [0.1, 0.15) is 50.1 Å². The standard InChI is InChI=1S/C85H92O16/c1-3-49-90-81-79(94-56-68-43-25-10-26-44-68)76(101-85-82(96-58-70-47-29-12-30-48-70)77(92-54-66-39-21-8-22-40-66)74(91-53-65-37-19-7-20-38-65)71(98-85)59-87-50-62-31-13-4-14-32-62)73(61-89-52-64-35-17-6-18-36-64)99-84(81)100-75-72(60-88-51-63-33-15-5-16-34-63)97-83(86-2)80(95-57-69-45-27-11-28-46-69)78(75)93-55-67-41-23-9-24-42-67/h3-48,71-85H,1,49-61H2,2H3/t71-,72-,73-,74+,75-,76+,77+,78+,79+,80-,81-,82-,83-,84+,85-/m1/s1. The molecule has 16 heteroatoms. The largest absolute Gasteiger partial charge is 0.374 e. The van der Waals surface area contributed by atoms with E-state index < -0.39 is 92.1 Å². The molecule has 3 fully saturated rings. The molecule has 16 nitrogen and oxygen atoms in total. The van der Waals surface area contributed by atoms with Crippen LogP contribution in [0.3, 0.4) is 0 Å². The van der Waals surface area contributed by atoms with Gasteiger partial charge in [-0.1, -0.05) is 279 Å². The lowest BCUT2D eigenvalue weighted by atomic mass is 9.95. The van der Waals surface area contributed by atoms with Gasteiger partial charge < -0.3 is 75.8 Å². The highest BCUT2D eigenvalue weighted by atomic mass is 16.8. The Bertz CT molecular complexity index is 3710. The maximum atomic E-state index is 7.80. The van der Waals surface area contributed by atoms with Gasteiger partial charge in [0.25, 0.3) is 0 Å². The summed E-state index contributed by atoms with van der Waals surface area (Å²) < 4.78 is 114. The molecule has 0 spiro atoms. The molecule has 3 heterocycles. The van der Waals surface area contributed by atoms with Crippen molar-refractivity contribution >= 4 is 0 Å². The van der Waals surface area contributed by atoms with Gasteiger partial charge in [-0.3, -0.25) is 0 Å². The second-order valence-corrected chi connectivity index (χ2v) is 25.2. The Balaban J connectivity index is 0.963. The Morgan fingerprint density at radius 3 is 0.752 bits per heavy atom. The molecule has 0 aliphatic carbocycles. The van der Waals surface area contributed by atoms with Gasteiger partial charge in [0, 0.05) is 7.11 Å². The first-order valence-electron chi connectivity index (χ1n) is 34.8. The summed E-state index contributed by atoms with van der Waals surface area (Å²) in [6.07, 6.45) is -12.9. The first kappa shape index (κ1) is 72.9. The SMILES string of the molecule is C=CCO[C@H]1[C@H](O[C@H]2[C@H](OCc3ccccc3)[C@@H](OCc3ccccc3)[C@H](OC)O[C@@H]2COCc2ccccc2)O[C@H](COCc2ccccc2)[C@H](O[C@H]2O[C@H](COCc3ccccc3)[C@H](OCc3ccccc3)[C@H](OCc3ccccc3)[C@H]2OCc2ccccc2)[C@@H]1OCc1ccccc1. The van der Waals surface area contributed by atoms with Gasteiger partial charge in [0.05, 0.1) is 85.9 Å². The molecule has 15 atom stereocenters. The van der Waals surface area contributed by atoms with E-state index in [4.69, 9.17) is 75.8 Å². The van der Waals surface area contributed by atoms with Gasteiger partial charge in [0.15, 0.2) is 18.9 Å². The minimum Gasteiger partial charge on any atom is -0.374 e. The second-order valence-electron chi connectivity index (χ2n) is 25.2. The zero-order chi connectivity index (χ0) is 68.9. The number of methoxy groups -OCH3 is 1. The maximum absolute atomic E-state index is 7.80. The third-order valence-electron chi connectivity index (χ3n) is 17.9. The van der Waals surface area contributed by atoms with Crippen LogP contribution >= 0.6 is 0 Å². The highest BCUT2D eigenvalue weighted by molar-refractivity contribution is 5.21. The lowest BCUT2D eigenvalue weighted by Crippen LogP contribution is -2.68. The Morgan fingerprint density at radius 2 is 0.475 bits per heavy atom. The van der Waals surface area contributed by atoms with Gasteiger partial charge >= 0.3 is 0 Å². The number of hydrogen-bond acceptors (Lipinski definition) is 16. The summed E-state index contributed by atoms with van der Waals surface area (Å²) in [5.74, 6) is 0. The molecule has 9 aromatic carbocycles. The fourth-order valence-corrected chi connectivity index (χ4v) is 12.8. The maximum Gasteiger partial charge on any atom is 0.187 e. The lowest BCUT2D eigenvalue weighted by molar-refractivity contribution is -0.393. The molecule has 0 saturated carbocycles. The normalized spacial score (nSPS) is 25.1. The van der Waals surface area contributed by atoms with E-state index >= 15 is 0 Å². The van der Waals surface area contributed by atoms with Crippen LogP contribution in [-0.4, -0.2) is 126 Å². The fourth-order valence-electron chi connectivity index (χ4n) is 12.8. The van der Waals surface area contributed by atoms with Crippen molar-refractivity contribution in [2.45, 2.75) is 152 Å². The Labute approximate surface area is 593 Å². The van der Waals surface area contributed by atoms with E-state index in [1.54, 1.807) is 13.2 Å². The lowest BCUT2D eigenvalue weighted by Gasteiger charge is -2.51. The number of rotatable bonds is 38. The van der Waals surface area contributed by atoms with E-state index in [9.17, 15) is 0 Å². The summed E-state index contributed by atoms with van der Waals surface area (Å²) in [5.41, 5.74) is 8.52. The van der Waals surface area contributed by atoms with Crippen molar-refractivity contribution in [3.8, 4) is 0 Å². The minimum absolute atomic E-state index is 0.0330. The van der Waals surface area contributed by atoms with E-state index in [1.165, 1.54) is 0 Å². The van der Waals surface area contributed by atoms with Gasteiger partial charge in [0.2, 0.25) is 0 Å². The van der Waals surface area contributed by atoms with E-state index in [0.717, 1.165) is 50.1 Å². The Hall–Kier alpha value is -7.92. The molecular weight excluding hydrogens is 1280 g/mol.